The average Bonchev–Trinajstić information content (AvgIpc) is 3.21. The Bertz CT molecular complexity index is 366. The van der Waals surface area contributed by atoms with Gasteiger partial charge in [0.1, 0.15) is 0 Å². The van der Waals surface area contributed by atoms with Gasteiger partial charge < -0.3 is 10.4 Å². The highest BCUT2D eigenvalue weighted by Crippen LogP contribution is 2.48. The van der Waals surface area contributed by atoms with Crippen LogP contribution in [-0.4, -0.2) is 23.5 Å². The normalized spacial score (nSPS) is 23.6. The van der Waals surface area contributed by atoms with Crippen molar-refractivity contribution in [3.8, 4) is 0 Å². The highest BCUT2D eigenvalue weighted by atomic mass is 16.4. The van der Waals surface area contributed by atoms with Gasteiger partial charge >= 0.3 is 5.97 Å². The lowest BCUT2D eigenvalue weighted by atomic mass is 9.77. The summed E-state index contributed by atoms with van der Waals surface area (Å²) in [5.41, 5.74) is -0.501. The molecular formula is C16H27NO3. The summed E-state index contributed by atoms with van der Waals surface area (Å²) in [5, 5.41) is 12.6. The van der Waals surface area contributed by atoms with Gasteiger partial charge in [-0.1, -0.05) is 32.6 Å². The largest absolute Gasteiger partial charge is 0.481 e. The molecule has 0 heterocycles. The lowest BCUT2D eigenvalue weighted by Crippen LogP contribution is -2.39. The molecule has 0 atom stereocenters. The van der Waals surface area contributed by atoms with Crippen molar-refractivity contribution in [2.75, 3.05) is 6.54 Å². The van der Waals surface area contributed by atoms with E-state index >= 15 is 0 Å². The third kappa shape index (κ3) is 3.53. The molecular weight excluding hydrogens is 254 g/mol. The second-order valence-electron chi connectivity index (χ2n) is 6.81. The number of carbonyl (C=O) groups is 2. The Labute approximate surface area is 121 Å². The van der Waals surface area contributed by atoms with E-state index in [1.54, 1.807) is 0 Å². The van der Waals surface area contributed by atoms with Crippen molar-refractivity contribution in [3.05, 3.63) is 0 Å². The van der Waals surface area contributed by atoms with Crippen LogP contribution in [0.2, 0.25) is 0 Å². The molecule has 2 aliphatic carbocycles. The Kier molecular flexibility index (Phi) is 4.71. The van der Waals surface area contributed by atoms with Gasteiger partial charge in [0.2, 0.25) is 5.91 Å². The van der Waals surface area contributed by atoms with E-state index in [1.165, 1.54) is 12.8 Å². The lowest BCUT2D eigenvalue weighted by Gasteiger charge is -2.27. The Morgan fingerprint density at radius 2 is 1.65 bits per heavy atom. The predicted octanol–water partition coefficient (Wildman–Crippen LogP) is 3.11. The highest BCUT2D eigenvalue weighted by Gasteiger charge is 2.43. The maximum Gasteiger partial charge on any atom is 0.310 e. The Morgan fingerprint density at radius 1 is 1.05 bits per heavy atom. The van der Waals surface area contributed by atoms with Gasteiger partial charge in [0, 0.05) is 13.0 Å². The van der Waals surface area contributed by atoms with Crippen LogP contribution in [0.1, 0.15) is 71.1 Å². The lowest BCUT2D eigenvalue weighted by molar-refractivity contribution is -0.152. The van der Waals surface area contributed by atoms with Crippen LogP contribution >= 0.6 is 0 Å². The summed E-state index contributed by atoms with van der Waals surface area (Å²) in [4.78, 5) is 23.8. The molecule has 0 aromatic carbocycles. The fraction of sp³-hybridized carbons (Fsp3) is 0.875. The standard InChI is InChI=1S/C16H27NO3/c1-2-15(9-10-15)12-17-13(18)11-16(14(19)20)7-5-3-4-6-8-16/h2-12H2,1H3,(H,17,18)(H,19,20). The maximum absolute atomic E-state index is 12.1. The van der Waals surface area contributed by atoms with Crippen LogP contribution in [0.4, 0.5) is 0 Å². The van der Waals surface area contributed by atoms with Crippen LogP contribution < -0.4 is 5.32 Å². The molecule has 0 saturated heterocycles. The number of carboxylic acids is 1. The Balaban J connectivity index is 1.90. The van der Waals surface area contributed by atoms with Crippen molar-refractivity contribution >= 4 is 11.9 Å². The van der Waals surface area contributed by atoms with Crippen LogP contribution in [0.5, 0.6) is 0 Å². The monoisotopic (exact) mass is 281 g/mol. The zero-order chi connectivity index (χ0) is 14.6. The summed E-state index contributed by atoms with van der Waals surface area (Å²) in [7, 11) is 0. The summed E-state index contributed by atoms with van der Waals surface area (Å²) < 4.78 is 0. The van der Waals surface area contributed by atoms with Crippen molar-refractivity contribution in [1.29, 1.82) is 0 Å². The number of rotatable bonds is 6. The van der Waals surface area contributed by atoms with Gasteiger partial charge in [-0.2, -0.15) is 0 Å². The number of nitrogens with one attached hydrogen (secondary N) is 1. The first kappa shape index (κ1) is 15.3. The van der Waals surface area contributed by atoms with Gasteiger partial charge in [0.25, 0.3) is 0 Å². The third-order valence-electron chi connectivity index (χ3n) is 5.38. The van der Waals surface area contributed by atoms with Crippen LogP contribution in [0, 0.1) is 10.8 Å². The van der Waals surface area contributed by atoms with E-state index in [0.717, 1.165) is 38.6 Å². The van der Waals surface area contributed by atoms with Crippen LogP contribution in [-0.2, 0) is 9.59 Å². The molecule has 0 spiro atoms. The minimum atomic E-state index is -0.816. The molecule has 20 heavy (non-hydrogen) atoms. The van der Waals surface area contributed by atoms with E-state index in [-0.39, 0.29) is 12.3 Å². The van der Waals surface area contributed by atoms with Crippen molar-refractivity contribution < 1.29 is 14.7 Å². The molecule has 0 bridgehead atoms. The molecule has 0 aliphatic heterocycles. The van der Waals surface area contributed by atoms with Gasteiger partial charge in [-0.05, 0) is 37.5 Å². The first-order valence-corrected chi connectivity index (χ1v) is 8.02. The van der Waals surface area contributed by atoms with Gasteiger partial charge in [-0.15, -0.1) is 0 Å². The Morgan fingerprint density at radius 3 is 2.10 bits per heavy atom. The maximum atomic E-state index is 12.1. The molecule has 2 saturated carbocycles. The molecule has 2 aliphatic rings. The number of carbonyl (C=O) groups excluding carboxylic acids is 1. The highest BCUT2D eigenvalue weighted by molar-refractivity contribution is 5.85. The summed E-state index contributed by atoms with van der Waals surface area (Å²) in [6.07, 6.45) is 8.96. The number of carboxylic acid groups (broad SMARTS) is 1. The molecule has 4 heteroatoms. The SMILES string of the molecule is CCC1(CNC(=O)CC2(C(=O)O)CCCCCC2)CC1. The zero-order valence-electron chi connectivity index (χ0n) is 12.5. The molecule has 1 amide bonds. The van der Waals surface area contributed by atoms with Crippen LogP contribution in [0.25, 0.3) is 0 Å². The Hall–Kier alpha value is -1.06. The van der Waals surface area contributed by atoms with E-state index in [9.17, 15) is 14.7 Å². The number of hydrogen-bond donors (Lipinski definition) is 2. The molecule has 114 valence electrons. The van der Waals surface area contributed by atoms with Gasteiger partial charge in [-0.25, -0.2) is 0 Å². The van der Waals surface area contributed by atoms with E-state index in [1.807, 2.05) is 0 Å². The minimum Gasteiger partial charge on any atom is -0.481 e. The number of aliphatic carboxylic acids is 1. The molecule has 0 aromatic rings. The predicted molar refractivity (Wildman–Crippen MR) is 77.4 cm³/mol. The molecule has 0 radical (unpaired) electrons. The molecule has 2 fully saturated rings. The van der Waals surface area contributed by atoms with Crippen molar-refractivity contribution in [3.63, 3.8) is 0 Å². The fourth-order valence-corrected chi connectivity index (χ4v) is 3.36. The fourth-order valence-electron chi connectivity index (χ4n) is 3.36. The first-order valence-electron chi connectivity index (χ1n) is 8.02. The topological polar surface area (TPSA) is 66.4 Å². The molecule has 2 rings (SSSR count). The van der Waals surface area contributed by atoms with E-state index < -0.39 is 11.4 Å². The van der Waals surface area contributed by atoms with Crippen molar-refractivity contribution in [1.82, 2.24) is 5.32 Å². The number of amides is 1. The number of hydrogen-bond acceptors (Lipinski definition) is 2. The van der Waals surface area contributed by atoms with E-state index in [4.69, 9.17) is 0 Å². The van der Waals surface area contributed by atoms with E-state index in [2.05, 4.69) is 12.2 Å². The van der Waals surface area contributed by atoms with Crippen molar-refractivity contribution in [2.45, 2.75) is 71.1 Å². The minimum absolute atomic E-state index is 0.0750. The van der Waals surface area contributed by atoms with E-state index in [0.29, 0.717) is 18.3 Å². The zero-order valence-corrected chi connectivity index (χ0v) is 12.5. The third-order valence-corrected chi connectivity index (χ3v) is 5.38. The summed E-state index contributed by atoms with van der Waals surface area (Å²) in [6.45, 7) is 2.88. The molecule has 0 aromatic heterocycles. The quantitative estimate of drug-likeness (QED) is 0.735. The summed E-state index contributed by atoms with van der Waals surface area (Å²) >= 11 is 0. The smallest absolute Gasteiger partial charge is 0.310 e. The first-order chi connectivity index (χ1) is 9.52. The van der Waals surface area contributed by atoms with Gasteiger partial charge in [-0.3, -0.25) is 9.59 Å². The van der Waals surface area contributed by atoms with Gasteiger partial charge in [0.05, 0.1) is 5.41 Å². The molecule has 0 unspecified atom stereocenters. The summed E-state index contributed by atoms with van der Waals surface area (Å²) in [6, 6.07) is 0. The van der Waals surface area contributed by atoms with Crippen molar-refractivity contribution in [2.24, 2.45) is 10.8 Å². The second-order valence-corrected chi connectivity index (χ2v) is 6.81. The molecule has 4 nitrogen and oxygen atoms in total. The average molecular weight is 281 g/mol. The van der Waals surface area contributed by atoms with Gasteiger partial charge in [0.15, 0.2) is 0 Å². The summed E-state index contributed by atoms with van der Waals surface area (Å²) in [5.74, 6) is -0.861. The second kappa shape index (κ2) is 6.15. The van der Waals surface area contributed by atoms with Crippen LogP contribution in [0.3, 0.4) is 0 Å². The van der Waals surface area contributed by atoms with Crippen LogP contribution in [0.15, 0.2) is 0 Å². The molecule has 2 N–H and O–H groups in total.